The second kappa shape index (κ2) is 5.52. The van der Waals surface area contributed by atoms with Crippen LogP contribution in [0.2, 0.25) is 0 Å². The van der Waals surface area contributed by atoms with Crippen molar-refractivity contribution in [1.82, 2.24) is 15.2 Å². The number of pyridine rings is 1. The van der Waals surface area contributed by atoms with Gasteiger partial charge in [0.1, 0.15) is 12.4 Å². The zero-order valence-corrected chi connectivity index (χ0v) is 12.6. The summed E-state index contributed by atoms with van der Waals surface area (Å²) in [5.74, 6) is -0.588. The fourth-order valence-corrected chi connectivity index (χ4v) is 2.71. The van der Waals surface area contributed by atoms with Crippen molar-refractivity contribution < 1.29 is 18.3 Å². The first-order chi connectivity index (χ1) is 11.7. The Hall–Kier alpha value is -3.09. The molecule has 0 atom stereocenters. The third kappa shape index (κ3) is 2.25. The third-order valence-electron chi connectivity index (χ3n) is 3.87. The molecule has 1 aromatic carbocycles. The van der Waals surface area contributed by atoms with Gasteiger partial charge in [0.05, 0.1) is 13.3 Å². The van der Waals surface area contributed by atoms with Crippen molar-refractivity contribution >= 4 is 0 Å². The van der Waals surface area contributed by atoms with Gasteiger partial charge in [0.15, 0.2) is 0 Å². The molecule has 0 N–H and O–H groups in total. The number of ether oxygens (including phenoxy) is 2. The maximum atomic E-state index is 15.0. The molecule has 2 aromatic heterocycles. The number of methoxy groups -OCH3 is 1. The van der Waals surface area contributed by atoms with Crippen LogP contribution in [0.3, 0.4) is 0 Å². The lowest BCUT2D eigenvalue weighted by Crippen LogP contribution is -2.10. The number of hydrogen-bond donors (Lipinski definition) is 0. The van der Waals surface area contributed by atoms with Gasteiger partial charge >= 0.3 is 0 Å². The number of rotatable bonds is 2. The van der Waals surface area contributed by atoms with Gasteiger partial charge in [-0.3, -0.25) is 0 Å². The van der Waals surface area contributed by atoms with Gasteiger partial charge < -0.3 is 9.47 Å². The molecule has 0 aliphatic carbocycles. The summed E-state index contributed by atoms with van der Waals surface area (Å²) in [5.41, 5.74) is 2.51. The molecule has 0 unspecified atom stereocenters. The Morgan fingerprint density at radius 2 is 1.88 bits per heavy atom. The fraction of sp³-hybridized carbons (Fsp3) is 0.118. The predicted octanol–water partition coefficient (Wildman–Crippen LogP) is 3.38. The van der Waals surface area contributed by atoms with Crippen molar-refractivity contribution in [1.29, 1.82) is 0 Å². The zero-order valence-electron chi connectivity index (χ0n) is 12.6. The summed E-state index contributed by atoms with van der Waals surface area (Å²) in [4.78, 5) is 3.70. The van der Waals surface area contributed by atoms with Crippen molar-refractivity contribution in [3.63, 3.8) is 0 Å². The fourth-order valence-electron chi connectivity index (χ4n) is 2.71. The number of aromatic nitrogens is 3. The van der Waals surface area contributed by atoms with Crippen LogP contribution in [-0.4, -0.2) is 22.3 Å². The molecule has 0 spiro atoms. The van der Waals surface area contributed by atoms with Gasteiger partial charge in [0.2, 0.25) is 17.7 Å². The van der Waals surface area contributed by atoms with Gasteiger partial charge in [-0.05, 0) is 17.7 Å². The Kier molecular flexibility index (Phi) is 3.34. The van der Waals surface area contributed by atoms with Crippen molar-refractivity contribution in [3.8, 4) is 34.0 Å². The van der Waals surface area contributed by atoms with Crippen LogP contribution in [-0.2, 0) is 6.61 Å². The van der Waals surface area contributed by atoms with Gasteiger partial charge in [-0.15, -0.1) is 5.10 Å². The molecular formula is C17H11F2N3O2. The highest BCUT2D eigenvalue weighted by molar-refractivity contribution is 5.78. The molecular weight excluding hydrogens is 316 g/mol. The van der Waals surface area contributed by atoms with E-state index in [0.29, 0.717) is 33.7 Å². The molecule has 1 aliphatic heterocycles. The van der Waals surface area contributed by atoms with Crippen LogP contribution in [0.4, 0.5) is 8.78 Å². The summed E-state index contributed by atoms with van der Waals surface area (Å²) in [7, 11) is 1.47. The van der Waals surface area contributed by atoms with Crippen LogP contribution < -0.4 is 9.47 Å². The summed E-state index contributed by atoms with van der Waals surface area (Å²) < 4.78 is 38.6. The number of halogens is 2. The van der Waals surface area contributed by atoms with Crippen molar-refractivity contribution in [2.24, 2.45) is 0 Å². The Bertz CT molecular complexity index is 947. The van der Waals surface area contributed by atoms with E-state index in [1.54, 1.807) is 18.2 Å². The lowest BCUT2D eigenvalue weighted by atomic mass is 9.94. The number of hydrogen-bond acceptors (Lipinski definition) is 5. The van der Waals surface area contributed by atoms with Crippen LogP contribution >= 0.6 is 0 Å². The van der Waals surface area contributed by atoms with Gasteiger partial charge in [0, 0.05) is 28.3 Å². The summed E-state index contributed by atoms with van der Waals surface area (Å²) in [6, 6.07) is 7.77. The van der Waals surface area contributed by atoms with Gasteiger partial charge in [-0.25, -0.2) is 4.39 Å². The van der Waals surface area contributed by atoms with E-state index in [2.05, 4.69) is 15.2 Å². The summed E-state index contributed by atoms with van der Waals surface area (Å²) in [6.45, 7) is -0.0197. The predicted molar refractivity (Wildman–Crippen MR) is 81.5 cm³/mol. The largest absolute Gasteiger partial charge is 0.480 e. The smallest absolute Gasteiger partial charge is 0.233 e. The minimum absolute atomic E-state index is 0.0197. The second-order valence-corrected chi connectivity index (χ2v) is 5.22. The standard InChI is InChI=1S/C17H11F2N3O2/c1-23-15-6-9(7-20-22-15)10-2-3-11-12-4-5-14(18)21-17(12)24-8-13(11)16(10)19/h2-7H,8H2,1H3. The maximum absolute atomic E-state index is 15.0. The second-order valence-electron chi connectivity index (χ2n) is 5.22. The first-order valence-electron chi connectivity index (χ1n) is 7.15. The normalized spacial score (nSPS) is 12.1. The van der Waals surface area contributed by atoms with Gasteiger partial charge in [0.25, 0.3) is 0 Å². The number of fused-ring (bicyclic) bond motifs is 3. The molecule has 120 valence electrons. The highest BCUT2D eigenvalue weighted by atomic mass is 19.1. The average Bonchev–Trinajstić information content (AvgIpc) is 2.61. The van der Waals surface area contributed by atoms with Crippen LogP contribution in [0.5, 0.6) is 11.8 Å². The van der Waals surface area contributed by atoms with Crippen LogP contribution in [0, 0.1) is 11.8 Å². The molecule has 0 fully saturated rings. The number of nitrogens with zero attached hydrogens (tertiary/aromatic N) is 3. The molecule has 0 bridgehead atoms. The summed E-state index contributed by atoms with van der Waals surface area (Å²) in [6.07, 6.45) is 1.46. The first kappa shape index (κ1) is 14.5. The van der Waals surface area contributed by atoms with E-state index in [4.69, 9.17) is 9.47 Å². The van der Waals surface area contributed by atoms with Crippen LogP contribution in [0.15, 0.2) is 36.5 Å². The van der Waals surface area contributed by atoms with E-state index in [1.165, 1.54) is 25.4 Å². The quantitative estimate of drug-likeness (QED) is 0.675. The highest BCUT2D eigenvalue weighted by Crippen LogP contribution is 2.40. The van der Waals surface area contributed by atoms with E-state index < -0.39 is 11.8 Å². The molecule has 7 heteroatoms. The SMILES string of the molecule is COc1cc(-c2ccc3c(c2F)COc2nc(F)ccc2-3)cnn1. The topological polar surface area (TPSA) is 57.1 Å². The summed E-state index contributed by atoms with van der Waals surface area (Å²) >= 11 is 0. The molecule has 1 aliphatic rings. The average molecular weight is 327 g/mol. The lowest BCUT2D eigenvalue weighted by Gasteiger charge is -2.21. The van der Waals surface area contributed by atoms with Crippen molar-refractivity contribution in [2.45, 2.75) is 6.61 Å². The molecule has 3 heterocycles. The number of benzene rings is 1. The van der Waals surface area contributed by atoms with Crippen molar-refractivity contribution in [2.75, 3.05) is 7.11 Å². The molecule has 5 nitrogen and oxygen atoms in total. The molecule has 24 heavy (non-hydrogen) atoms. The minimum atomic E-state index is -0.635. The molecule has 4 rings (SSSR count). The molecule has 0 saturated carbocycles. The minimum Gasteiger partial charge on any atom is -0.480 e. The van der Waals surface area contributed by atoms with E-state index in [-0.39, 0.29) is 12.5 Å². The van der Waals surface area contributed by atoms with Crippen LogP contribution in [0.1, 0.15) is 5.56 Å². The summed E-state index contributed by atoms with van der Waals surface area (Å²) in [5, 5.41) is 7.58. The molecule has 0 radical (unpaired) electrons. The van der Waals surface area contributed by atoms with Gasteiger partial charge in [-0.2, -0.15) is 14.5 Å². The highest BCUT2D eigenvalue weighted by Gasteiger charge is 2.24. The zero-order chi connectivity index (χ0) is 16.7. The molecule has 3 aromatic rings. The van der Waals surface area contributed by atoms with Crippen LogP contribution in [0.25, 0.3) is 22.3 Å². The Labute approximate surface area is 135 Å². The Balaban J connectivity index is 1.86. The van der Waals surface area contributed by atoms with E-state index in [9.17, 15) is 8.78 Å². The van der Waals surface area contributed by atoms with E-state index in [1.807, 2.05) is 0 Å². The van der Waals surface area contributed by atoms with Crippen molar-refractivity contribution in [3.05, 3.63) is 53.9 Å². The van der Waals surface area contributed by atoms with E-state index in [0.717, 1.165) is 0 Å². The first-order valence-corrected chi connectivity index (χ1v) is 7.15. The maximum Gasteiger partial charge on any atom is 0.233 e. The Morgan fingerprint density at radius 3 is 2.71 bits per heavy atom. The van der Waals surface area contributed by atoms with Gasteiger partial charge in [-0.1, -0.05) is 12.1 Å². The Morgan fingerprint density at radius 1 is 1.08 bits per heavy atom. The van der Waals surface area contributed by atoms with E-state index >= 15 is 0 Å². The molecule has 0 amide bonds. The third-order valence-corrected chi connectivity index (χ3v) is 3.87. The monoisotopic (exact) mass is 327 g/mol. The lowest BCUT2D eigenvalue weighted by molar-refractivity contribution is 0.279. The molecule has 0 saturated heterocycles.